The molecule has 2 atom stereocenters. The second kappa shape index (κ2) is 6.00. The first-order chi connectivity index (χ1) is 9.69. The van der Waals surface area contributed by atoms with Crippen molar-refractivity contribution >= 4 is 16.5 Å². The van der Waals surface area contributed by atoms with Crippen LogP contribution in [0.2, 0.25) is 0 Å². The van der Waals surface area contributed by atoms with Gasteiger partial charge in [-0.3, -0.25) is 4.90 Å². The third-order valence-corrected chi connectivity index (χ3v) is 5.95. The number of aromatic nitrogens is 1. The topological polar surface area (TPSA) is 45.4 Å². The van der Waals surface area contributed by atoms with Crippen molar-refractivity contribution < 1.29 is 0 Å². The molecule has 0 bridgehead atoms. The van der Waals surface area contributed by atoms with E-state index in [9.17, 15) is 0 Å². The zero-order chi connectivity index (χ0) is 14.1. The lowest BCUT2D eigenvalue weighted by molar-refractivity contribution is 0.270. The Labute approximate surface area is 126 Å². The number of rotatable bonds is 4. The number of likely N-dealkylation sites (N-methyl/N-ethyl adjacent to an activating group) is 2. The molecular weight excluding hydrogens is 268 g/mol. The van der Waals surface area contributed by atoms with Gasteiger partial charge in [0.2, 0.25) is 0 Å². The molecular formula is C15H26N4S. The van der Waals surface area contributed by atoms with Gasteiger partial charge in [0, 0.05) is 30.6 Å². The van der Waals surface area contributed by atoms with E-state index >= 15 is 0 Å². The zero-order valence-electron chi connectivity index (χ0n) is 12.6. The van der Waals surface area contributed by atoms with E-state index in [0.29, 0.717) is 6.04 Å². The van der Waals surface area contributed by atoms with E-state index in [1.54, 1.807) is 0 Å². The van der Waals surface area contributed by atoms with Crippen molar-refractivity contribution in [2.24, 2.45) is 5.73 Å². The Morgan fingerprint density at radius 2 is 2.25 bits per heavy atom. The summed E-state index contributed by atoms with van der Waals surface area (Å²) in [5.41, 5.74) is 7.35. The summed E-state index contributed by atoms with van der Waals surface area (Å²) in [6.45, 7) is 5.78. The predicted octanol–water partition coefficient (Wildman–Crippen LogP) is 2.40. The van der Waals surface area contributed by atoms with Gasteiger partial charge in [0.05, 0.1) is 5.69 Å². The van der Waals surface area contributed by atoms with Gasteiger partial charge >= 0.3 is 0 Å². The van der Waals surface area contributed by atoms with Gasteiger partial charge in [0.15, 0.2) is 5.13 Å². The lowest BCUT2D eigenvalue weighted by Crippen LogP contribution is -2.38. The Hall–Kier alpha value is -0.650. The normalized spacial score (nSPS) is 26.8. The van der Waals surface area contributed by atoms with E-state index in [2.05, 4.69) is 23.8 Å². The number of nitrogens with zero attached hydrogens (tertiary/aromatic N) is 3. The van der Waals surface area contributed by atoms with E-state index < -0.39 is 0 Å². The number of thiazole rings is 1. The van der Waals surface area contributed by atoms with Gasteiger partial charge in [-0.15, -0.1) is 11.3 Å². The van der Waals surface area contributed by atoms with E-state index in [4.69, 9.17) is 10.7 Å². The standard InChI is InChI=1S/C15H26N4S/c1-3-19-9-5-6-11(19)10-18(2)15-17-14-12(16)7-4-8-13(14)20-15/h11-12H,3-10,16H2,1-2H3. The molecule has 112 valence electrons. The number of hydrogen-bond donors (Lipinski definition) is 1. The number of anilines is 1. The molecule has 0 spiro atoms. The zero-order valence-corrected chi connectivity index (χ0v) is 13.5. The molecule has 5 heteroatoms. The summed E-state index contributed by atoms with van der Waals surface area (Å²) in [5, 5.41) is 1.16. The lowest BCUT2D eigenvalue weighted by atomic mass is 9.99. The lowest BCUT2D eigenvalue weighted by Gasteiger charge is -2.27. The SMILES string of the molecule is CCN1CCCC1CN(C)c1nc2c(s1)CCCC2N. The minimum atomic E-state index is 0.163. The minimum absolute atomic E-state index is 0.163. The fourth-order valence-electron chi connectivity index (χ4n) is 3.51. The molecule has 1 aromatic rings. The van der Waals surface area contributed by atoms with Crippen molar-refractivity contribution in [3.8, 4) is 0 Å². The van der Waals surface area contributed by atoms with Gasteiger partial charge in [-0.05, 0) is 45.2 Å². The number of fused-ring (bicyclic) bond motifs is 1. The largest absolute Gasteiger partial charge is 0.350 e. The highest BCUT2D eigenvalue weighted by molar-refractivity contribution is 7.15. The van der Waals surface area contributed by atoms with Crippen molar-refractivity contribution in [2.75, 3.05) is 31.6 Å². The monoisotopic (exact) mass is 294 g/mol. The van der Waals surface area contributed by atoms with Crippen LogP contribution in [0.3, 0.4) is 0 Å². The van der Waals surface area contributed by atoms with Crippen molar-refractivity contribution in [1.82, 2.24) is 9.88 Å². The molecule has 1 fully saturated rings. The Bertz CT molecular complexity index is 459. The number of nitrogens with two attached hydrogens (primary N) is 1. The van der Waals surface area contributed by atoms with E-state index in [1.807, 2.05) is 11.3 Å². The first-order valence-corrected chi connectivity index (χ1v) is 8.71. The van der Waals surface area contributed by atoms with Crippen molar-refractivity contribution in [1.29, 1.82) is 0 Å². The molecule has 20 heavy (non-hydrogen) atoms. The Balaban J connectivity index is 1.69. The highest BCUT2D eigenvalue weighted by atomic mass is 32.1. The van der Waals surface area contributed by atoms with E-state index in [1.165, 1.54) is 42.8 Å². The van der Waals surface area contributed by atoms with Gasteiger partial charge in [-0.25, -0.2) is 4.98 Å². The molecule has 0 saturated carbocycles. The van der Waals surface area contributed by atoms with Crippen LogP contribution in [0, 0.1) is 0 Å². The predicted molar refractivity (Wildman–Crippen MR) is 85.5 cm³/mol. The maximum Gasteiger partial charge on any atom is 0.185 e. The van der Waals surface area contributed by atoms with Crippen LogP contribution in [0.15, 0.2) is 0 Å². The molecule has 0 amide bonds. The van der Waals surface area contributed by atoms with Crippen LogP contribution < -0.4 is 10.6 Å². The molecule has 0 aromatic carbocycles. The van der Waals surface area contributed by atoms with Crippen LogP contribution in [0.4, 0.5) is 5.13 Å². The van der Waals surface area contributed by atoms with Crippen LogP contribution in [-0.2, 0) is 6.42 Å². The summed E-state index contributed by atoms with van der Waals surface area (Å²) in [4.78, 5) is 11.2. The number of aryl methyl sites for hydroxylation is 1. The first kappa shape index (κ1) is 14.3. The van der Waals surface area contributed by atoms with Crippen LogP contribution in [0.1, 0.15) is 49.2 Å². The molecule has 1 aliphatic heterocycles. The molecule has 1 aromatic heterocycles. The highest BCUT2D eigenvalue weighted by Crippen LogP contribution is 2.35. The van der Waals surface area contributed by atoms with E-state index in [-0.39, 0.29) is 6.04 Å². The Morgan fingerprint density at radius 3 is 3.00 bits per heavy atom. The van der Waals surface area contributed by atoms with Gasteiger partial charge in [0.25, 0.3) is 0 Å². The van der Waals surface area contributed by atoms with Crippen molar-refractivity contribution in [3.05, 3.63) is 10.6 Å². The molecule has 4 nitrogen and oxygen atoms in total. The number of likely N-dealkylation sites (tertiary alicyclic amines) is 1. The summed E-state index contributed by atoms with van der Waals surface area (Å²) in [7, 11) is 2.18. The summed E-state index contributed by atoms with van der Waals surface area (Å²) in [6.07, 6.45) is 6.13. The average molecular weight is 294 g/mol. The quantitative estimate of drug-likeness (QED) is 0.926. The van der Waals surface area contributed by atoms with Gasteiger partial charge < -0.3 is 10.6 Å². The molecule has 1 aliphatic carbocycles. The van der Waals surface area contributed by atoms with Crippen molar-refractivity contribution in [3.63, 3.8) is 0 Å². The summed E-state index contributed by atoms with van der Waals surface area (Å²) >= 11 is 1.86. The van der Waals surface area contributed by atoms with Gasteiger partial charge in [-0.2, -0.15) is 0 Å². The van der Waals surface area contributed by atoms with Crippen molar-refractivity contribution in [2.45, 2.75) is 51.1 Å². The molecule has 2 heterocycles. The smallest absolute Gasteiger partial charge is 0.185 e. The maximum absolute atomic E-state index is 6.18. The third kappa shape index (κ3) is 2.71. The first-order valence-electron chi connectivity index (χ1n) is 7.89. The fraction of sp³-hybridized carbons (Fsp3) is 0.800. The van der Waals surface area contributed by atoms with Crippen LogP contribution in [-0.4, -0.2) is 42.6 Å². The molecule has 2 N–H and O–H groups in total. The second-order valence-electron chi connectivity index (χ2n) is 6.11. The third-order valence-electron chi connectivity index (χ3n) is 4.70. The van der Waals surface area contributed by atoms with Gasteiger partial charge in [0.1, 0.15) is 0 Å². The van der Waals surface area contributed by atoms with Crippen LogP contribution >= 0.6 is 11.3 Å². The summed E-state index contributed by atoms with van der Waals surface area (Å²) < 4.78 is 0. The van der Waals surface area contributed by atoms with E-state index in [0.717, 1.165) is 24.6 Å². The second-order valence-corrected chi connectivity index (χ2v) is 7.17. The minimum Gasteiger partial charge on any atom is -0.350 e. The molecule has 1 saturated heterocycles. The molecule has 2 aliphatic rings. The average Bonchev–Trinajstić information content (AvgIpc) is 3.05. The molecule has 3 rings (SSSR count). The number of hydrogen-bond acceptors (Lipinski definition) is 5. The van der Waals surface area contributed by atoms with Gasteiger partial charge in [-0.1, -0.05) is 6.92 Å². The fourth-order valence-corrected chi connectivity index (χ4v) is 4.66. The summed E-state index contributed by atoms with van der Waals surface area (Å²) in [5.74, 6) is 0. The van der Waals surface area contributed by atoms with Crippen LogP contribution in [0.5, 0.6) is 0 Å². The molecule has 2 unspecified atom stereocenters. The highest BCUT2D eigenvalue weighted by Gasteiger charge is 2.27. The maximum atomic E-state index is 6.18. The summed E-state index contributed by atoms with van der Waals surface area (Å²) in [6, 6.07) is 0.857. The Kier molecular flexibility index (Phi) is 4.29. The Morgan fingerprint density at radius 1 is 1.40 bits per heavy atom. The molecule has 0 radical (unpaired) electrons. The van der Waals surface area contributed by atoms with Crippen LogP contribution in [0.25, 0.3) is 0 Å².